The molecule has 0 saturated heterocycles. The summed E-state index contributed by atoms with van der Waals surface area (Å²) in [6.07, 6.45) is 7.21. The summed E-state index contributed by atoms with van der Waals surface area (Å²) < 4.78 is 13.6. The fraction of sp³-hybridized carbons (Fsp3) is 0.600. The summed E-state index contributed by atoms with van der Waals surface area (Å²) in [6.45, 7) is 2.66. The summed E-state index contributed by atoms with van der Waals surface area (Å²) in [5, 5.41) is 4.33. The Morgan fingerprint density at radius 1 is 1.28 bits per heavy atom. The summed E-state index contributed by atoms with van der Waals surface area (Å²) in [6, 6.07) is 5.89. The molecule has 0 aliphatic heterocycles. The highest BCUT2D eigenvalue weighted by Crippen LogP contribution is 2.27. The van der Waals surface area contributed by atoms with Gasteiger partial charge in [-0.15, -0.1) is 0 Å². The lowest BCUT2D eigenvalue weighted by molar-refractivity contribution is 0.376. The van der Waals surface area contributed by atoms with Crippen LogP contribution in [-0.2, 0) is 6.54 Å². The van der Waals surface area contributed by atoms with Gasteiger partial charge in [-0.2, -0.15) is 11.8 Å². The van der Waals surface area contributed by atoms with E-state index < -0.39 is 0 Å². The molecule has 0 atom stereocenters. The first kappa shape index (κ1) is 13.9. The van der Waals surface area contributed by atoms with Gasteiger partial charge in [-0.05, 0) is 44.9 Å². The lowest BCUT2D eigenvalue weighted by Gasteiger charge is -2.28. The molecule has 1 aliphatic rings. The van der Waals surface area contributed by atoms with Crippen molar-refractivity contribution in [3.8, 4) is 0 Å². The molecule has 1 nitrogen and oxygen atoms in total. The molecule has 0 aromatic heterocycles. The van der Waals surface area contributed by atoms with Crippen molar-refractivity contribution in [2.24, 2.45) is 0 Å². The number of hydrogen-bond donors (Lipinski definition) is 1. The maximum Gasteiger partial charge on any atom is 0.127 e. The van der Waals surface area contributed by atoms with Crippen molar-refractivity contribution in [2.75, 3.05) is 6.26 Å². The van der Waals surface area contributed by atoms with Crippen molar-refractivity contribution in [3.05, 3.63) is 35.1 Å². The third-order valence-electron chi connectivity index (χ3n) is 3.79. The van der Waals surface area contributed by atoms with Crippen LogP contribution in [0.25, 0.3) is 0 Å². The molecule has 0 unspecified atom stereocenters. The molecule has 0 bridgehead atoms. The highest BCUT2D eigenvalue weighted by molar-refractivity contribution is 7.99. The van der Waals surface area contributed by atoms with Crippen LogP contribution in [0.2, 0.25) is 0 Å². The molecule has 1 aromatic carbocycles. The third kappa shape index (κ3) is 3.72. The Bertz CT molecular complexity index is 386. The number of hydrogen-bond acceptors (Lipinski definition) is 2. The van der Waals surface area contributed by atoms with Gasteiger partial charge in [0.15, 0.2) is 0 Å². The van der Waals surface area contributed by atoms with Crippen LogP contribution in [0.5, 0.6) is 0 Å². The summed E-state index contributed by atoms with van der Waals surface area (Å²) in [5.41, 5.74) is 1.92. The van der Waals surface area contributed by atoms with Crippen molar-refractivity contribution in [1.29, 1.82) is 0 Å². The van der Waals surface area contributed by atoms with Crippen LogP contribution in [0.3, 0.4) is 0 Å². The fourth-order valence-electron chi connectivity index (χ4n) is 2.60. The third-order valence-corrected chi connectivity index (χ3v) is 4.93. The Morgan fingerprint density at radius 2 is 2.00 bits per heavy atom. The Balaban J connectivity index is 1.83. The zero-order valence-electron chi connectivity index (χ0n) is 11.2. The Labute approximate surface area is 114 Å². The topological polar surface area (TPSA) is 12.0 Å². The number of thioether (sulfide) groups is 1. The summed E-state index contributed by atoms with van der Waals surface area (Å²) in [4.78, 5) is 0. The number of halogens is 1. The van der Waals surface area contributed by atoms with Gasteiger partial charge in [0, 0.05) is 23.4 Å². The molecule has 1 fully saturated rings. The lowest BCUT2D eigenvalue weighted by Crippen LogP contribution is -2.33. The summed E-state index contributed by atoms with van der Waals surface area (Å²) >= 11 is 1.98. The van der Waals surface area contributed by atoms with Gasteiger partial charge in [-0.1, -0.05) is 17.7 Å². The fourth-order valence-corrected chi connectivity index (χ4v) is 3.34. The molecule has 1 aliphatic carbocycles. The van der Waals surface area contributed by atoms with Crippen molar-refractivity contribution in [2.45, 2.75) is 50.4 Å². The van der Waals surface area contributed by atoms with Gasteiger partial charge in [0.1, 0.15) is 5.82 Å². The molecule has 1 aromatic rings. The molecule has 0 radical (unpaired) electrons. The second kappa shape index (κ2) is 6.58. The van der Waals surface area contributed by atoms with Crippen molar-refractivity contribution in [3.63, 3.8) is 0 Å². The predicted octanol–water partition coefficient (Wildman–Crippen LogP) is 3.90. The first-order valence-corrected chi connectivity index (χ1v) is 7.99. The van der Waals surface area contributed by atoms with Crippen LogP contribution in [-0.4, -0.2) is 17.5 Å². The molecule has 100 valence electrons. The van der Waals surface area contributed by atoms with E-state index in [0.29, 0.717) is 12.6 Å². The van der Waals surface area contributed by atoms with Gasteiger partial charge < -0.3 is 5.32 Å². The van der Waals surface area contributed by atoms with Crippen LogP contribution in [0.4, 0.5) is 4.39 Å². The van der Waals surface area contributed by atoms with Gasteiger partial charge in [0.05, 0.1) is 0 Å². The van der Waals surface area contributed by atoms with Gasteiger partial charge in [0.2, 0.25) is 0 Å². The normalized spacial score (nSPS) is 24.2. The number of aryl methyl sites for hydroxylation is 1. The minimum atomic E-state index is -0.0918. The second-order valence-electron chi connectivity index (χ2n) is 5.19. The van der Waals surface area contributed by atoms with Crippen LogP contribution in [0.1, 0.15) is 36.8 Å². The Morgan fingerprint density at radius 3 is 2.67 bits per heavy atom. The molecule has 0 amide bonds. The largest absolute Gasteiger partial charge is 0.310 e. The molecule has 1 saturated carbocycles. The van der Waals surface area contributed by atoms with Crippen molar-refractivity contribution >= 4 is 11.8 Å². The van der Waals surface area contributed by atoms with E-state index in [1.165, 1.54) is 25.7 Å². The number of nitrogens with one attached hydrogen (secondary N) is 1. The van der Waals surface area contributed by atoms with E-state index in [1.54, 1.807) is 6.07 Å². The van der Waals surface area contributed by atoms with Gasteiger partial charge >= 0.3 is 0 Å². The first-order chi connectivity index (χ1) is 8.69. The molecular formula is C15H22FNS. The van der Waals surface area contributed by atoms with Crippen LogP contribution < -0.4 is 5.32 Å². The van der Waals surface area contributed by atoms with Crippen LogP contribution in [0.15, 0.2) is 18.2 Å². The smallest absolute Gasteiger partial charge is 0.127 e. The highest BCUT2D eigenvalue weighted by Gasteiger charge is 2.20. The average Bonchev–Trinajstić information content (AvgIpc) is 2.40. The summed E-state index contributed by atoms with van der Waals surface area (Å²) in [7, 11) is 0. The molecule has 18 heavy (non-hydrogen) atoms. The Kier molecular flexibility index (Phi) is 5.07. The lowest BCUT2D eigenvalue weighted by atomic mass is 9.95. The highest BCUT2D eigenvalue weighted by atomic mass is 32.2. The van der Waals surface area contributed by atoms with E-state index in [9.17, 15) is 4.39 Å². The zero-order valence-corrected chi connectivity index (χ0v) is 12.0. The molecule has 0 spiro atoms. The summed E-state index contributed by atoms with van der Waals surface area (Å²) in [5.74, 6) is -0.0918. The van der Waals surface area contributed by atoms with Gasteiger partial charge in [0.25, 0.3) is 0 Å². The van der Waals surface area contributed by atoms with Crippen molar-refractivity contribution in [1.82, 2.24) is 5.32 Å². The van der Waals surface area contributed by atoms with Crippen LogP contribution >= 0.6 is 11.8 Å². The molecule has 2 rings (SSSR count). The quantitative estimate of drug-likeness (QED) is 0.888. The number of rotatable bonds is 4. The zero-order chi connectivity index (χ0) is 13.0. The molecule has 1 N–H and O–H groups in total. The van der Waals surface area contributed by atoms with Gasteiger partial charge in [-0.3, -0.25) is 0 Å². The maximum atomic E-state index is 13.6. The minimum Gasteiger partial charge on any atom is -0.310 e. The molecular weight excluding hydrogens is 245 g/mol. The predicted molar refractivity (Wildman–Crippen MR) is 77.5 cm³/mol. The van der Waals surface area contributed by atoms with Crippen molar-refractivity contribution < 1.29 is 4.39 Å². The maximum absolute atomic E-state index is 13.6. The molecule has 0 heterocycles. The van der Waals surface area contributed by atoms with Crippen LogP contribution in [0, 0.1) is 12.7 Å². The van der Waals surface area contributed by atoms with E-state index in [-0.39, 0.29) is 5.82 Å². The SMILES string of the molecule is CSC1CCC(NCc2cc(C)ccc2F)CC1. The van der Waals surface area contributed by atoms with E-state index in [1.807, 2.05) is 30.8 Å². The minimum absolute atomic E-state index is 0.0918. The van der Waals surface area contributed by atoms with E-state index in [0.717, 1.165) is 16.4 Å². The van der Waals surface area contributed by atoms with E-state index in [4.69, 9.17) is 0 Å². The number of benzene rings is 1. The molecule has 3 heteroatoms. The van der Waals surface area contributed by atoms with Gasteiger partial charge in [-0.25, -0.2) is 4.39 Å². The van der Waals surface area contributed by atoms with E-state index >= 15 is 0 Å². The first-order valence-electron chi connectivity index (χ1n) is 6.70. The standard InChI is InChI=1S/C15H22FNS/c1-11-3-8-15(16)12(9-11)10-17-13-4-6-14(18-2)7-5-13/h3,8-9,13-14,17H,4-7,10H2,1-2H3. The Hall–Kier alpha value is -0.540. The monoisotopic (exact) mass is 267 g/mol. The van der Waals surface area contributed by atoms with E-state index in [2.05, 4.69) is 11.6 Å². The second-order valence-corrected chi connectivity index (χ2v) is 6.32. The average molecular weight is 267 g/mol.